The summed E-state index contributed by atoms with van der Waals surface area (Å²) >= 11 is 0. The minimum Gasteiger partial charge on any atom is -0.481 e. The summed E-state index contributed by atoms with van der Waals surface area (Å²) < 4.78 is 0. The van der Waals surface area contributed by atoms with Crippen LogP contribution in [0.2, 0.25) is 0 Å². The highest BCUT2D eigenvalue weighted by atomic mass is 16.4. The van der Waals surface area contributed by atoms with Gasteiger partial charge in [0.1, 0.15) is 0 Å². The molecule has 2 aliphatic heterocycles. The molecule has 0 aromatic heterocycles. The molecule has 0 radical (unpaired) electrons. The molecule has 2 N–H and O–H groups in total. The lowest BCUT2D eigenvalue weighted by Crippen LogP contribution is -2.27. The monoisotopic (exact) mass is 356 g/mol. The molecule has 2 fully saturated rings. The molecule has 0 bridgehead atoms. The molecular weight excluding hydrogens is 328 g/mol. The van der Waals surface area contributed by atoms with Crippen LogP contribution in [0, 0.1) is 11.8 Å². The number of hydrogen-bond acceptors (Lipinski definition) is 4. The Morgan fingerprint density at radius 2 is 1.52 bits per heavy atom. The van der Waals surface area contributed by atoms with Crippen LogP contribution in [0.4, 0.5) is 0 Å². The number of likely N-dealkylation sites (tertiary alicyclic amines) is 2. The molecule has 0 aromatic carbocycles. The molecule has 142 valence electrons. The normalized spacial score (nSPS) is 22.8. The van der Waals surface area contributed by atoms with Crippen molar-refractivity contribution in [1.29, 1.82) is 0 Å². The van der Waals surface area contributed by atoms with Crippen LogP contribution >= 0.6 is 0 Å². The van der Waals surface area contributed by atoms with Crippen molar-refractivity contribution < 1.29 is 29.4 Å². The van der Waals surface area contributed by atoms with Gasteiger partial charge in [0.2, 0.25) is 11.8 Å². The van der Waals surface area contributed by atoms with Gasteiger partial charge in [0.15, 0.2) is 0 Å². The minimum absolute atomic E-state index is 0.00102. The van der Waals surface area contributed by atoms with Crippen molar-refractivity contribution >= 4 is 23.8 Å². The average Bonchev–Trinajstić information content (AvgIpc) is 3.08. The molecule has 8 nitrogen and oxygen atoms in total. The zero-order valence-electron chi connectivity index (χ0n) is 14.9. The first-order valence-electron chi connectivity index (χ1n) is 8.73. The summed E-state index contributed by atoms with van der Waals surface area (Å²) in [7, 11) is 1.62. The van der Waals surface area contributed by atoms with Gasteiger partial charge >= 0.3 is 11.9 Å². The number of carbonyl (C=O) groups is 4. The summed E-state index contributed by atoms with van der Waals surface area (Å²) in [6.07, 6.45) is 4.81. The summed E-state index contributed by atoms with van der Waals surface area (Å²) in [4.78, 5) is 46.3. The number of carboxylic acid groups (broad SMARTS) is 2. The molecule has 0 spiro atoms. The molecule has 25 heavy (non-hydrogen) atoms. The Morgan fingerprint density at radius 1 is 0.960 bits per heavy atom. The molecule has 2 unspecified atom stereocenters. The second-order valence-electron chi connectivity index (χ2n) is 6.65. The number of carbonyl (C=O) groups excluding carboxylic acids is 2. The van der Waals surface area contributed by atoms with Gasteiger partial charge in [0.05, 0.1) is 11.8 Å². The predicted octanol–water partition coefficient (Wildman–Crippen LogP) is 1.05. The van der Waals surface area contributed by atoms with Gasteiger partial charge in [-0.3, -0.25) is 19.2 Å². The fourth-order valence-corrected chi connectivity index (χ4v) is 2.91. The first-order chi connectivity index (χ1) is 11.8. The van der Waals surface area contributed by atoms with E-state index in [1.807, 2.05) is 0 Å². The zero-order chi connectivity index (χ0) is 19.0. The Balaban J connectivity index is 0.000000271. The lowest BCUT2D eigenvalue weighted by atomic mass is 10.1. The standard InChI is InChI=1S/C11H19NO3.C6H9NO3/c1-2-3-4-5-6-12-8-9(11(14)15)7-10(12)13;1-7-3-4(6(9)10)2-5(7)8/h9H,2-8H2,1H3,(H,14,15);4H,2-3H2,1H3,(H,9,10). The van der Waals surface area contributed by atoms with Crippen LogP contribution in [0.25, 0.3) is 0 Å². The van der Waals surface area contributed by atoms with E-state index in [1.54, 1.807) is 11.9 Å². The summed E-state index contributed by atoms with van der Waals surface area (Å²) in [5.74, 6) is -2.77. The Hall–Kier alpha value is -2.12. The van der Waals surface area contributed by atoms with E-state index in [-0.39, 0.29) is 24.7 Å². The van der Waals surface area contributed by atoms with Gasteiger partial charge in [0, 0.05) is 39.5 Å². The SMILES string of the molecule is CCCCCCN1CC(C(=O)O)CC1=O.CN1CC(C(=O)O)CC1=O. The van der Waals surface area contributed by atoms with Crippen molar-refractivity contribution in [3.8, 4) is 0 Å². The molecule has 8 heteroatoms. The second-order valence-corrected chi connectivity index (χ2v) is 6.65. The molecule has 2 aliphatic rings. The largest absolute Gasteiger partial charge is 0.481 e. The second kappa shape index (κ2) is 10.0. The van der Waals surface area contributed by atoms with Crippen molar-refractivity contribution in [3.63, 3.8) is 0 Å². The first-order valence-corrected chi connectivity index (χ1v) is 8.73. The van der Waals surface area contributed by atoms with E-state index >= 15 is 0 Å². The quantitative estimate of drug-likeness (QED) is 0.659. The van der Waals surface area contributed by atoms with E-state index in [0.717, 1.165) is 19.4 Å². The Kier molecular flexibility index (Phi) is 8.37. The van der Waals surface area contributed by atoms with E-state index in [4.69, 9.17) is 10.2 Å². The van der Waals surface area contributed by atoms with E-state index in [2.05, 4.69) is 6.92 Å². The predicted molar refractivity (Wildman–Crippen MR) is 89.8 cm³/mol. The van der Waals surface area contributed by atoms with E-state index in [1.165, 1.54) is 17.7 Å². The summed E-state index contributed by atoms with van der Waals surface area (Å²) in [5, 5.41) is 17.2. The van der Waals surface area contributed by atoms with Gasteiger partial charge in [-0.15, -0.1) is 0 Å². The zero-order valence-corrected chi connectivity index (χ0v) is 14.9. The highest BCUT2D eigenvalue weighted by Crippen LogP contribution is 2.18. The van der Waals surface area contributed by atoms with Crippen molar-refractivity contribution in [3.05, 3.63) is 0 Å². The molecular formula is C17H28N2O6. The van der Waals surface area contributed by atoms with Gasteiger partial charge in [-0.2, -0.15) is 0 Å². The molecule has 2 heterocycles. The molecule has 0 aliphatic carbocycles. The first kappa shape index (κ1) is 20.9. The number of nitrogens with zero attached hydrogens (tertiary/aromatic N) is 2. The van der Waals surface area contributed by atoms with Crippen molar-refractivity contribution in [1.82, 2.24) is 9.80 Å². The van der Waals surface area contributed by atoms with Crippen LogP contribution < -0.4 is 0 Å². The molecule has 0 aromatic rings. The fourth-order valence-electron chi connectivity index (χ4n) is 2.91. The lowest BCUT2D eigenvalue weighted by Gasteiger charge is -2.15. The van der Waals surface area contributed by atoms with Crippen LogP contribution in [0.15, 0.2) is 0 Å². The van der Waals surface area contributed by atoms with Crippen LogP contribution in [0.5, 0.6) is 0 Å². The van der Waals surface area contributed by atoms with Crippen molar-refractivity contribution in [2.45, 2.75) is 45.4 Å². The molecule has 2 saturated heterocycles. The number of rotatable bonds is 7. The van der Waals surface area contributed by atoms with Gasteiger partial charge in [0.25, 0.3) is 0 Å². The smallest absolute Gasteiger partial charge is 0.308 e. The molecule has 0 saturated carbocycles. The number of amides is 2. The number of hydrogen-bond donors (Lipinski definition) is 2. The highest BCUT2D eigenvalue weighted by Gasteiger charge is 2.33. The number of unbranched alkanes of at least 4 members (excludes halogenated alkanes) is 3. The maximum Gasteiger partial charge on any atom is 0.308 e. The minimum atomic E-state index is -0.877. The van der Waals surface area contributed by atoms with Gasteiger partial charge < -0.3 is 20.0 Å². The summed E-state index contributed by atoms with van der Waals surface area (Å²) in [6.45, 7) is 3.62. The van der Waals surface area contributed by atoms with Crippen molar-refractivity contribution in [2.75, 3.05) is 26.7 Å². The molecule has 2 amide bonds. The third-order valence-electron chi connectivity index (χ3n) is 4.54. The number of aliphatic carboxylic acids is 2. The maximum atomic E-state index is 11.4. The number of carboxylic acids is 2. The van der Waals surface area contributed by atoms with Crippen molar-refractivity contribution in [2.24, 2.45) is 11.8 Å². The van der Waals surface area contributed by atoms with Gasteiger partial charge in [-0.25, -0.2) is 0 Å². The highest BCUT2D eigenvalue weighted by molar-refractivity contribution is 5.86. The Morgan fingerprint density at radius 3 is 1.92 bits per heavy atom. The van der Waals surface area contributed by atoms with E-state index in [0.29, 0.717) is 13.1 Å². The van der Waals surface area contributed by atoms with Gasteiger partial charge in [-0.1, -0.05) is 26.2 Å². The average molecular weight is 356 g/mol. The summed E-state index contributed by atoms with van der Waals surface area (Å²) in [6, 6.07) is 0. The van der Waals surface area contributed by atoms with E-state index in [9.17, 15) is 19.2 Å². The van der Waals surface area contributed by atoms with Crippen LogP contribution in [-0.2, 0) is 19.2 Å². The van der Waals surface area contributed by atoms with Crippen LogP contribution in [0.1, 0.15) is 45.4 Å². The molecule has 2 atom stereocenters. The third-order valence-corrected chi connectivity index (χ3v) is 4.54. The topological polar surface area (TPSA) is 115 Å². The molecule has 2 rings (SSSR count). The van der Waals surface area contributed by atoms with Gasteiger partial charge in [-0.05, 0) is 6.42 Å². The lowest BCUT2D eigenvalue weighted by molar-refractivity contribution is -0.142. The summed E-state index contributed by atoms with van der Waals surface area (Å²) in [5.41, 5.74) is 0. The Bertz CT molecular complexity index is 507. The van der Waals surface area contributed by atoms with Crippen LogP contribution in [-0.4, -0.2) is 70.4 Å². The Labute approximate surface area is 147 Å². The fraction of sp³-hybridized carbons (Fsp3) is 0.765. The van der Waals surface area contributed by atoms with E-state index < -0.39 is 23.8 Å². The van der Waals surface area contributed by atoms with Crippen LogP contribution in [0.3, 0.4) is 0 Å². The third kappa shape index (κ3) is 6.72. The maximum absolute atomic E-state index is 11.4.